The van der Waals surface area contributed by atoms with Crippen LogP contribution in [0.4, 0.5) is 4.79 Å². The summed E-state index contributed by atoms with van der Waals surface area (Å²) in [6.07, 6.45) is 0.0804. The molecule has 0 radical (unpaired) electrons. The molecule has 3 atom stereocenters. The number of hydrogen-bond donors (Lipinski definition) is 2. The number of carboxylic acids is 1. The summed E-state index contributed by atoms with van der Waals surface area (Å²) in [5, 5.41) is 11.5. The Balaban J connectivity index is 2.37. The van der Waals surface area contributed by atoms with Crippen LogP contribution in [0.1, 0.15) is 20.3 Å². The zero-order chi connectivity index (χ0) is 14.6. The van der Waals surface area contributed by atoms with Crippen LogP contribution in [-0.2, 0) is 4.79 Å². The molecule has 0 aromatic carbocycles. The van der Waals surface area contributed by atoms with Gasteiger partial charge in [-0.05, 0) is 25.9 Å². The van der Waals surface area contributed by atoms with Crippen LogP contribution in [0.25, 0.3) is 0 Å². The second-order valence-electron chi connectivity index (χ2n) is 5.80. The third-order valence-corrected chi connectivity index (χ3v) is 3.65. The number of nitrogens with one attached hydrogen (secondary N) is 1. The van der Waals surface area contributed by atoms with E-state index in [0.29, 0.717) is 18.5 Å². The Morgan fingerprint density at radius 2 is 2.05 bits per heavy atom. The molecule has 110 valence electrons. The fourth-order valence-electron chi connectivity index (χ4n) is 2.53. The fraction of sp³-hybridized carbons (Fsp3) is 0.846. The highest BCUT2D eigenvalue weighted by atomic mass is 16.4. The topological polar surface area (TPSA) is 72.9 Å². The molecular weight excluding hydrogens is 246 g/mol. The molecule has 1 heterocycles. The van der Waals surface area contributed by atoms with Gasteiger partial charge in [0.15, 0.2) is 0 Å². The third kappa shape index (κ3) is 4.70. The number of carbonyl (C=O) groups excluding carboxylic acids is 1. The highest BCUT2D eigenvalue weighted by molar-refractivity contribution is 5.74. The first-order chi connectivity index (χ1) is 8.81. The van der Waals surface area contributed by atoms with Crippen molar-refractivity contribution in [2.24, 2.45) is 11.8 Å². The van der Waals surface area contributed by atoms with Gasteiger partial charge in [0, 0.05) is 32.1 Å². The Bertz CT molecular complexity index is 333. The fourth-order valence-corrected chi connectivity index (χ4v) is 2.53. The zero-order valence-corrected chi connectivity index (χ0v) is 12.2. The minimum absolute atomic E-state index is 0.0499. The highest BCUT2D eigenvalue weighted by Crippen LogP contribution is 2.19. The van der Waals surface area contributed by atoms with E-state index in [9.17, 15) is 9.59 Å². The number of likely N-dealkylation sites (tertiary alicyclic amines) is 1. The second kappa shape index (κ2) is 6.75. The van der Waals surface area contributed by atoms with Crippen LogP contribution >= 0.6 is 0 Å². The van der Waals surface area contributed by atoms with Gasteiger partial charge in [-0.3, -0.25) is 4.79 Å². The van der Waals surface area contributed by atoms with Gasteiger partial charge in [-0.15, -0.1) is 0 Å². The van der Waals surface area contributed by atoms with Gasteiger partial charge in [-0.25, -0.2) is 4.79 Å². The molecule has 2 amide bonds. The number of aliphatic carboxylic acids is 1. The summed E-state index contributed by atoms with van der Waals surface area (Å²) in [4.78, 5) is 26.5. The van der Waals surface area contributed by atoms with Gasteiger partial charge in [0.05, 0.1) is 0 Å². The first-order valence-electron chi connectivity index (χ1n) is 6.72. The van der Waals surface area contributed by atoms with Crippen LogP contribution in [0, 0.1) is 11.8 Å². The highest BCUT2D eigenvalue weighted by Gasteiger charge is 2.33. The average Bonchev–Trinajstić information content (AvgIpc) is 2.67. The monoisotopic (exact) mass is 271 g/mol. The largest absolute Gasteiger partial charge is 0.481 e. The Hall–Kier alpha value is -1.30. The third-order valence-electron chi connectivity index (χ3n) is 3.65. The smallest absolute Gasteiger partial charge is 0.317 e. The van der Waals surface area contributed by atoms with Crippen LogP contribution in [-0.4, -0.2) is 66.7 Å². The van der Waals surface area contributed by atoms with Gasteiger partial charge in [0.25, 0.3) is 0 Å². The molecule has 0 spiro atoms. The van der Waals surface area contributed by atoms with Crippen LogP contribution in [0.2, 0.25) is 0 Å². The first-order valence-corrected chi connectivity index (χ1v) is 6.72. The zero-order valence-electron chi connectivity index (χ0n) is 12.2. The summed E-state index contributed by atoms with van der Waals surface area (Å²) >= 11 is 0. The molecule has 1 saturated heterocycles. The SMILES string of the molecule is CC(CNC(=O)N1CC(C)C(N(C)C)C1)CC(=O)O. The van der Waals surface area contributed by atoms with E-state index >= 15 is 0 Å². The van der Waals surface area contributed by atoms with Crippen molar-refractivity contribution in [3.63, 3.8) is 0 Å². The van der Waals surface area contributed by atoms with Crippen molar-refractivity contribution in [1.29, 1.82) is 0 Å². The number of amides is 2. The molecule has 0 aromatic heterocycles. The summed E-state index contributed by atoms with van der Waals surface area (Å²) in [7, 11) is 4.05. The van der Waals surface area contributed by atoms with E-state index < -0.39 is 5.97 Å². The number of nitrogens with zero attached hydrogens (tertiary/aromatic N) is 2. The summed E-state index contributed by atoms with van der Waals surface area (Å²) in [5.74, 6) is -0.424. The second-order valence-corrected chi connectivity index (χ2v) is 5.80. The molecule has 0 aromatic rings. The van der Waals surface area contributed by atoms with Crippen molar-refractivity contribution in [3.8, 4) is 0 Å². The first kappa shape index (κ1) is 15.8. The Kier molecular flexibility index (Phi) is 5.60. The predicted molar refractivity (Wildman–Crippen MR) is 73.0 cm³/mol. The van der Waals surface area contributed by atoms with Crippen molar-refractivity contribution in [2.75, 3.05) is 33.7 Å². The number of rotatable bonds is 5. The van der Waals surface area contributed by atoms with Crippen LogP contribution < -0.4 is 5.32 Å². The lowest BCUT2D eigenvalue weighted by molar-refractivity contribution is -0.137. The van der Waals surface area contributed by atoms with Gasteiger partial charge >= 0.3 is 12.0 Å². The summed E-state index contributed by atoms with van der Waals surface area (Å²) in [6.45, 7) is 5.85. The number of carbonyl (C=O) groups is 2. The Morgan fingerprint density at radius 3 is 2.53 bits per heavy atom. The number of likely N-dealkylation sites (N-methyl/N-ethyl adjacent to an activating group) is 1. The maximum absolute atomic E-state index is 12.0. The number of urea groups is 1. The van der Waals surface area contributed by atoms with E-state index in [1.807, 2.05) is 25.9 Å². The molecule has 0 saturated carbocycles. The Morgan fingerprint density at radius 1 is 1.42 bits per heavy atom. The van der Waals surface area contributed by atoms with E-state index in [0.717, 1.165) is 13.1 Å². The number of hydrogen-bond acceptors (Lipinski definition) is 3. The van der Waals surface area contributed by atoms with Crippen molar-refractivity contribution in [3.05, 3.63) is 0 Å². The summed E-state index contributed by atoms with van der Waals surface area (Å²) in [6, 6.07) is 0.302. The van der Waals surface area contributed by atoms with Gasteiger partial charge in [-0.2, -0.15) is 0 Å². The van der Waals surface area contributed by atoms with Crippen LogP contribution in [0.5, 0.6) is 0 Å². The quantitative estimate of drug-likeness (QED) is 0.771. The predicted octanol–water partition coefficient (Wildman–Crippen LogP) is 0.689. The normalized spacial score (nSPS) is 24.6. The molecule has 0 aliphatic carbocycles. The van der Waals surface area contributed by atoms with Crippen LogP contribution in [0.3, 0.4) is 0 Å². The summed E-state index contributed by atoms with van der Waals surface area (Å²) in [5.41, 5.74) is 0. The molecule has 1 rings (SSSR count). The van der Waals surface area contributed by atoms with Gasteiger partial charge in [-0.1, -0.05) is 13.8 Å². The molecule has 0 bridgehead atoms. The molecule has 6 nitrogen and oxygen atoms in total. The van der Waals surface area contributed by atoms with E-state index in [1.165, 1.54) is 0 Å². The van der Waals surface area contributed by atoms with Gasteiger partial charge in [0.2, 0.25) is 0 Å². The summed E-state index contributed by atoms with van der Waals surface area (Å²) < 4.78 is 0. The lowest BCUT2D eigenvalue weighted by Crippen LogP contribution is -2.42. The standard InChI is InChI=1S/C13H25N3O3/c1-9(5-12(17)18)6-14-13(19)16-7-10(2)11(8-16)15(3)4/h9-11H,5-8H2,1-4H3,(H,14,19)(H,17,18). The van der Waals surface area contributed by atoms with Crippen LogP contribution in [0.15, 0.2) is 0 Å². The molecule has 2 N–H and O–H groups in total. The minimum atomic E-state index is -0.829. The molecule has 3 unspecified atom stereocenters. The van der Waals surface area contributed by atoms with E-state index in [2.05, 4.69) is 17.1 Å². The van der Waals surface area contributed by atoms with Gasteiger partial charge in [0.1, 0.15) is 0 Å². The van der Waals surface area contributed by atoms with E-state index in [1.54, 1.807) is 0 Å². The Labute approximate surface area is 114 Å². The van der Waals surface area contributed by atoms with Crippen molar-refractivity contribution in [2.45, 2.75) is 26.3 Å². The molecule has 6 heteroatoms. The molecule has 1 aliphatic rings. The van der Waals surface area contributed by atoms with E-state index in [-0.39, 0.29) is 18.4 Å². The maximum atomic E-state index is 12.0. The molecule has 19 heavy (non-hydrogen) atoms. The van der Waals surface area contributed by atoms with Crippen molar-refractivity contribution < 1.29 is 14.7 Å². The average molecular weight is 271 g/mol. The van der Waals surface area contributed by atoms with E-state index in [4.69, 9.17) is 5.11 Å². The lowest BCUT2D eigenvalue weighted by atomic mass is 10.1. The van der Waals surface area contributed by atoms with Crippen molar-refractivity contribution in [1.82, 2.24) is 15.1 Å². The van der Waals surface area contributed by atoms with Gasteiger partial charge < -0.3 is 20.2 Å². The molecule has 1 fully saturated rings. The molecule has 1 aliphatic heterocycles. The van der Waals surface area contributed by atoms with Crippen molar-refractivity contribution >= 4 is 12.0 Å². The lowest BCUT2D eigenvalue weighted by Gasteiger charge is -2.22. The maximum Gasteiger partial charge on any atom is 0.317 e. The number of carboxylic acid groups (broad SMARTS) is 1. The minimum Gasteiger partial charge on any atom is -0.481 e. The molecular formula is C13H25N3O3.